The average molecular weight is 409 g/mol. The number of hydrogen-bond acceptors (Lipinski definition) is 4. The maximum Gasteiger partial charge on any atom is 0.238 e. The van der Waals surface area contributed by atoms with Gasteiger partial charge in [-0.25, -0.2) is 0 Å². The third kappa shape index (κ3) is 6.07. The summed E-state index contributed by atoms with van der Waals surface area (Å²) in [7, 11) is 0. The molecule has 0 aromatic heterocycles. The van der Waals surface area contributed by atoms with Gasteiger partial charge in [0.1, 0.15) is 0 Å². The number of hydrogen-bond donors (Lipinski definition) is 1. The number of carbonyl (C=O) groups excluding carboxylic acids is 2. The highest BCUT2D eigenvalue weighted by Crippen LogP contribution is 2.16. The lowest BCUT2D eigenvalue weighted by atomic mass is 10.2. The van der Waals surface area contributed by atoms with E-state index in [-0.39, 0.29) is 24.9 Å². The number of piperazine rings is 1. The molecule has 3 rings (SSSR count). The van der Waals surface area contributed by atoms with Gasteiger partial charge in [0.05, 0.1) is 13.1 Å². The van der Waals surface area contributed by atoms with E-state index in [1.165, 1.54) is 5.69 Å². The molecule has 1 aliphatic rings. The van der Waals surface area contributed by atoms with Crippen molar-refractivity contribution in [3.05, 3.63) is 60.2 Å². The molecule has 1 saturated heterocycles. The van der Waals surface area contributed by atoms with E-state index < -0.39 is 0 Å². The first-order chi connectivity index (χ1) is 14.6. The number of anilines is 2. The van der Waals surface area contributed by atoms with Crippen LogP contribution in [-0.4, -0.2) is 67.4 Å². The highest BCUT2D eigenvalue weighted by molar-refractivity contribution is 5.93. The van der Waals surface area contributed by atoms with Gasteiger partial charge in [-0.2, -0.15) is 0 Å². The van der Waals surface area contributed by atoms with Crippen molar-refractivity contribution in [3.63, 3.8) is 0 Å². The SMILES string of the molecule is CCCN(CC(=O)Nc1ccccc1C)CC(=O)N1CCN(c2ccccc2)CC1. The fraction of sp³-hybridized carbons (Fsp3) is 0.417. The van der Waals surface area contributed by atoms with Gasteiger partial charge in [0.2, 0.25) is 11.8 Å². The van der Waals surface area contributed by atoms with Gasteiger partial charge in [0, 0.05) is 37.6 Å². The monoisotopic (exact) mass is 408 g/mol. The van der Waals surface area contributed by atoms with E-state index in [0.717, 1.165) is 37.3 Å². The van der Waals surface area contributed by atoms with Crippen LogP contribution in [-0.2, 0) is 9.59 Å². The van der Waals surface area contributed by atoms with E-state index in [1.54, 1.807) is 0 Å². The van der Waals surface area contributed by atoms with Gasteiger partial charge in [-0.15, -0.1) is 0 Å². The van der Waals surface area contributed by atoms with Crippen molar-refractivity contribution in [2.24, 2.45) is 0 Å². The largest absolute Gasteiger partial charge is 0.368 e. The molecule has 0 aliphatic carbocycles. The van der Waals surface area contributed by atoms with Crippen LogP contribution >= 0.6 is 0 Å². The van der Waals surface area contributed by atoms with E-state index in [9.17, 15) is 9.59 Å². The molecule has 0 unspecified atom stereocenters. The summed E-state index contributed by atoms with van der Waals surface area (Å²) in [5.41, 5.74) is 3.05. The van der Waals surface area contributed by atoms with E-state index in [2.05, 4.69) is 29.3 Å². The Morgan fingerprint density at radius 2 is 1.60 bits per heavy atom. The van der Waals surface area contributed by atoms with Crippen LogP contribution in [0.15, 0.2) is 54.6 Å². The summed E-state index contributed by atoms with van der Waals surface area (Å²) < 4.78 is 0. The van der Waals surface area contributed by atoms with Crippen molar-refractivity contribution in [1.82, 2.24) is 9.80 Å². The minimum absolute atomic E-state index is 0.0838. The average Bonchev–Trinajstić information content (AvgIpc) is 2.76. The molecule has 1 heterocycles. The van der Waals surface area contributed by atoms with Crippen LogP contribution < -0.4 is 10.2 Å². The zero-order valence-electron chi connectivity index (χ0n) is 18.0. The summed E-state index contributed by atoms with van der Waals surface area (Å²) in [5.74, 6) is 0.0132. The van der Waals surface area contributed by atoms with Crippen molar-refractivity contribution in [2.75, 3.05) is 56.0 Å². The minimum Gasteiger partial charge on any atom is -0.368 e. The fourth-order valence-electron chi connectivity index (χ4n) is 3.78. The summed E-state index contributed by atoms with van der Waals surface area (Å²) in [4.78, 5) is 31.5. The number of rotatable bonds is 8. The van der Waals surface area contributed by atoms with Gasteiger partial charge in [-0.05, 0) is 43.7 Å². The molecule has 2 aromatic rings. The van der Waals surface area contributed by atoms with Gasteiger partial charge >= 0.3 is 0 Å². The molecule has 0 spiro atoms. The third-order valence-electron chi connectivity index (χ3n) is 5.44. The molecule has 6 heteroatoms. The molecule has 0 saturated carbocycles. The summed E-state index contributed by atoms with van der Waals surface area (Å²) in [6.07, 6.45) is 0.896. The standard InChI is InChI=1S/C24H32N4O2/c1-3-13-26(18-23(29)25-22-12-8-7-9-20(22)2)19-24(30)28-16-14-27(15-17-28)21-10-5-4-6-11-21/h4-12H,3,13-19H2,1-2H3,(H,25,29). The van der Waals surface area contributed by atoms with E-state index in [1.807, 2.05) is 59.2 Å². The molecule has 0 bridgehead atoms. The number of benzene rings is 2. The summed E-state index contributed by atoms with van der Waals surface area (Å²) in [6, 6.07) is 18.0. The molecule has 160 valence electrons. The maximum atomic E-state index is 12.9. The van der Waals surface area contributed by atoms with Crippen LogP contribution in [0, 0.1) is 6.92 Å². The zero-order chi connectivity index (χ0) is 21.3. The van der Waals surface area contributed by atoms with Crippen LogP contribution in [0.2, 0.25) is 0 Å². The Morgan fingerprint density at radius 3 is 2.27 bits per heavy atom. The molecule has 1 fully saturated rings. The molecule has 0 radical (unpaired) electrons. The van der Waals surface area contributed by atoms with E-state index in [4.69, 9.17) is 0 Å². The number of nitrogens with one attached hydrogen (secondary N) is 1. The van der Waals surface area contributed by atoms with Crippen molar-refractivity contribution in [1.29, 1.82) is 0 Å². The van der Waals surface area contributed by atoms with Gasteiger partial charge in [-0.1, -0.05) is 43.3 Å². The summed E-state index contributed by atoms with van der Waals surface area (Å²) >= 11 is 0. The van der Waals surface area contributed by atoms with E-state index in [0.29, 0.717) is 13.1 Å². The normalized spacial score (nSPS) is 14.1. The van der Waals surface area contributed by atoms with Gasteiger partial charge in [0.25, 0.3) is 0 Å². The Morgan fingerprint density at radius 1 is 0.933 bits per heavy atom. The highest BCUT2D eigenvalue weighted by Gasteiger charge is 2.23. The van der Waals surface area contributed by atoms with Crippen molar-refractivity contribution in [3.8, 4) is 0 Å². The fourth-order valence-corrected chi connectivity index (χ4v) is 3.78. The van der Waals surface area contributed by atoms with Gasteiger partial charge in [-0.3, -0.25) is 14.5 Å². The van der Waals surface area contributed by atoms with Crippen LogP contribution in [0.5, 0.6) is 0 Å². The van der Waals surface area contributed by atoms with Crippen LogP contribution in [0.25, 0.3) is 0 Å². The number of nitrogens with zero attached hydrogens (tertiary/aromatic N) is 3. The molecule has 1 N–H and O–H groups in total. The minimum atomic E-state index is -0.0838. The Hall–Kier alpha value is -2.86. The first kappa shape index (κ1) is 21.8. The molecule has 6 nitrogen and oxygen atoms in total. The van der Waals surface area contributed by atoms with Crippen molar-refractivity contribution >= 4 is 23.2 Å². The predicted molar refractivity (Wildman–Crippen MR) is 122 cm³/mol. The smallest absolute Gasteiger partial charge is 0.238 e. The lowest BCUT2D eigenvalue weighted by Gasteiger charge is -2.37. The molecular weight excluding hydrogens is 376 g/mol. The maximum absolute atomic E-state index is 12.9. The number of para-hydroxylation sites is 2. The van der Waals surface area contributed by atoms with Gasteiger partial charge in [0.15, 0.2) is 0 Å². The van der Waals surface area contributed by atoms with Gasteiger partial charge < -0.3 is 15.1 Å². The van der Waals surface area contributed by atoms with E-state index >= 15 is 0 Å². The zero-order valence-corrected chi connectivity index (χ0v) is 18.0. The highest BCUT2D eigenvalue weighted by atomic mass is 16.2. The summed E-state index contributed by atoms with van der Waals surface area (Å²) in [5, 5.41) is 2.96. The quantitative estimate of drug-likeness (QED) is 0.730. The number of aryl methyl sites for hydroxylation is 1. The number of amides is 2. The molecule has 30 heavy (non-hydrogen) atoms. The predicted octanol–water partition coefficient (Wildman–Crippen LogP) is 2.99. The van der Waals surface area contributed by atoms with Crippen LogP contribution in [0.4, 0.5) is 11.4 Å². The topological polar surface area (TPSA) is 55.9 Å². The Kier molecular flexibility index (Phi) is 7.85. The molecule has 2 aromatic carbocycles. The Labute approximate surface area is 179 Å². The van der Waals surface area contributed by atoms with Crippen molar-refractivity contribution in [2.45, 2.75) is 20.3 Å². The first-order valence-corrected chi connectivity index (χ1v) is 10.7. The molecule has 2 amide bonds. The first-order valence-electron chi connectivity index (χ1n) is 10.7. The number of carbonyl (C=O) groups is 2. The second-order valence-electron chi connectivity index (χ2n) is 7.78. The van der Waals surface area contributed by atoms with Crippen molar-refractivity contribution < 1.29 is 9.59 Å². The molecule has 0 atom stereocenters. The molecule has 1 aliphatic heterocycles. The summed E-state index contributed by atoms with van der Waals surface area (Å²) in [6.45, 7) is 8.34. The Balaban J connectivity index is 1.50. The Bertz CT molecular complexity index is 832. The lowest BCUT2D eigenvalue weighted by Crippen LogP contribution is -2.52. The molecular formula is C24H32N4O2. The van der Waals surface area contributed by atoms with Crippen LogP contribution in [0.1, 0.15) is 18.9 Å². The lowest BCUT2D eigenvalue weighted by molar-refractivity contribution is -0.133. The second kappa shape index (κ2) is 10.8. The second-order valence-corrected chi connectivity index (χ2v) is 7.78. The third-order valence-corrected chi connectivity index (χ3v) is 5.44. The van der Waals surface area contributed by atoms with Crippen LogP contribution in [0.3, 0.4) is 0 Å².